The van der Waals surface area contributed by atoms with E-state index in [4.69, 9.17) is 21.3 Å². The number of aryl methyl sites for hydroxylation is 1. The monoisotopic (exact) mass is 465 g/mol. The highest BCUT2D eigenvalue weighted by Crippen LogP contribution is 2.23. The van der Waals surface area contributed by atoms with E-state index in [1.165, 1.54) is 24.3 Å². The number of imidazole rings is 1. The fourth-order valence-electron chi connectivity index (χ4n) is 3.67. The molecule has 0 fully saturated rings. The number of ether oxygens (including phenoxy) is 1. The van der Waals surface area contributed by atoms with Crippen LogP contribution >= 0.6 is 11.6 Å². The molecule has 0 saturated heterocycles. The Kier molecular flexibility index (Phi) is 7.58. The third-order valence-corrected chi connectivity index (χ3v) is 5.66. The van der Waals surface area contributed by atoms with E-state index in [0.29, 0.717) is 35.9 Å². The highest BCUT2D eigenvalue weighted by Gasteiger charge is 2.11. The van der Waals surface area contributed by atoms with Crippen molar-refractivity contribution in [1.82, 2.24) is 14.9 Å². The number of nitrogens with one attached hydrogen (secondary N) is 1. The van der Waals surface area contributed by atoms with Gasteiger partial charge in [-0.25, -0.2) is 9.37 Å². The van der Waals surface area contributed by atoms with Crippen molar-refractivity contribution in [2.24, 2.45) is 0 Å². The van der Waals surface area contributed by atoms with E-state index in [0.717, 1.165) is 36.2 Å². The predicted octanol–water partition coefficient (Wildman–Crippen LogP) is 5.66. The number of para-hydroxylation sites is 3. The summed E-state index contributed by atoms with van der Waals surface area (Å²) in [5.41, 5.74) is 2.44. The summed E-state index contributed by atoms with van der Waals surface area (Å²) in [7, 11) is 0. The van der Waals surface area contributed by atoms with E-state index in [1.54, 1.807) is 0 Å². The second-order valence-corrected chi connectivity index (χ2v) is 8.07. The van der Waals surface area contributed by atoms with E-state index >= 15 is 0 Å². The summed E-state index contributed by atoms with van der Waals surface area (Å²) >= 11 is 6.14. The summed E-state index contributed by atoms with van der Waals surface area (Å²) in [4.78, 5) is 17.1. The number of benzene rings is 3. The number of amides is 1. The normalized spacial score (nSPS) is 11.0. The van der Waals surface area contributed by atoms with Gasteiger partial charge in [-0.1, -0.05) is 35.9 Å². The number of hydrogen-bond acceptors (Lipinski definition) is 3. The number of aromatic nitrogens is 2. The first kappa shape index (κ1) is 22.8. The number of halogens is 2. The van der Waals surface area contributed by atoms with Crippen molar-refractivity contribution >= 4 is 28.5 Å². The molecule has 7 heteroatoms. The molecule has 0 aliphatic heterocycles. The Morgan fingerprint density at radius 1 is 1.00 bits per heavy atom. The van der Waals surface area contributed by atoms with Gasteiger partial charge in [-0.05, 0) is 61.4 Å². The Morgan fingerprint density at radius 3 is 2.58 bits per heavy atom. The lowest BCUT2D eigenvalue weighted by atomic mass is 10.2. The lowest BCUT2D eigenvalue weighted by molar-refractivity contribution is 0.0954. The van der Waals surface area contributed by atoms with Gasteiger partial charge in [-0.15, -0.1) is 0 Å². The molecule has 0 saturated carbocycles. The van der Waals surface area contributed by atoms with E-state index in [1.807, 2.05) is 42.5 Å². The number of rotatable bonds is 10. The second kappa shape index (κ2) is 11.0. The van der Waals surface area contributed by atoms with Crippen LogP contribution in [-0.2, 0) is 13.0 Å². The van der Waals surface area contributed by atoms with Crippen LogP contribution in [0, 0.1) is 5.82 Å². The van der Waals surface area contributed by atoms with Gasteiger partial charge in [0.25, 0.3) is 5.91 Å². The summed E-state index contributed by atoms with van der Waals surface area (Å²) in [5, 5.41) is 3.51. The quantitative estimate of drug-likeness (QED) is 0.307. The molecule has 3 aromatic carbocycles. The maximum Gasteiger partial charge on any atom is 0.251 e. The Labute approximate surface area is 197 Å². The average Bonchev–Trinajstić information content (AvgIpc) is 3.17. The van der Waals surface area contributed by atoms with Crippen molar-refractivity contribution in [3.63, 3.8) is 0 Å². The summed E-state index contributed by atoms with van der Waals surface area (Å²) in [6.07, 6.45) is 2.38. The van der Waals surface area contributed by atoms with Gasteiger partial charge < -0.3 is 14.6 Å². The number of hydrogen-bond donors (Lipinski definition) is 1. The Balaban J connectivity index is 1.33. The van der Waals surface area contributed by atoms with Gasteiger partial charge in [-0.2, -0.15) is 0 Å². The van der Waals surface area contributed by atoms with Crippen LogP contribution in [0.1, 0.15) is 29.0 Å². The molecule has 0 atom stereocenters. The van der Waals surface area contributed by atoms with Crippen molar-refractivity contribution in [1.29, 1.82) is 0 Å². The molecule has 5 nitrogen and oxygen atoms in total. The minimum Gasteiger partial charge on any atom is -0.492 e. The SMILES string of the molecule is O=C(NCCc1nc2ccccc2n1CCCCOc1ccccc1Cl)c1ccc(F)cc1. The number of nitrogens with zero attached hydrogens (tertiary/aromatic N) is 2. The van der Waals surface area contributed by atoms with Crippen LogP contribution in [0.15, 0.2) is 72.8 Å². The van der Waals surface area contributed by atoms with Gasteiger partial charge in [0, 0.05) is 25.1 Å². The lowest BCUT2D eigenvalue weighted by Crippen LogP contribution is -2.26. The molecule has 0 unspecified atom stereocenters. The largest absolute Gasteiger partial charge is 0.492 e. The van der Waals surface area contributed by atoms with Gasteiger partial charge in [0.15, 0.2) is 0 Å². The Morgan fingerprint density at radius 2 is 1.76 bits per heavy atom. The van der Waals surface area contributed by atoms with Gasteiger partial charge in [0.1, 0.15) is 17.4 Å². The Hall–Kier alpha value is -3.38. The molecule has 0 bridgehead atoms. The molecule has 170 valence electrons. The molecule has 0 radical (unpaired) electrons. The first-order valence-electron chi connectivity index (χ1n) is 11.0. The van der Waals surface area contributed by atoms with Gasteiger partial charge in [0.2, 0.25) is 0 Å². The van der Waals surface area contributed by atoms with Crippen molar-refractivity contribution in [2.75, 3.05) is 13.2 Å². The third-order valence-electron chi connectivity index (χ3n) is 5.34. The van der Waals surface area contributed by atoms with Crippen molar-refractivity contribution in [3.8, 4) is 5.75 Å². The van der Waals surface area contributed by atoms with Crippen LogP contribution in [0.2, 0.25) is 5.02 Å². The predicted molar refractivity (Wildman–Crippen MR) is 128 cm³/mol. The number of carbonyl (C=O) groups is 1. The highest BCUT2D eigenvalue weighted by molar-refractivity contribution is 6.32. The third kappa shape index (κ3) is 5.90. The zero-order valence-corrected chi connectivity index (χ0v) is 18.9. The van der Waals surface area contributed by atoms with Crippen LogP contribution in [0.4, 0.5) is 4.39 Å². The number of fused-ring (bicyclic) bond motifs is 1. The molecule has 1 amide bonds. The maximum atomic E-state index is 13.1. The highest BCUT2D eigenvalue weighted by atomic mass is 35.5. The second-order valence-electron chi connectivity index (χ2n) is 7.67. The minimum absolute atomic E-state index is 0.227. The van der Waals surface area contributed by atoms with Gasteiger partial charge >= 0.3 is 0 Å². The lowest BCUT2D eigenvalue weighted by Gasteiger charge is -2.11. The van der Waals surface area contributed by atoms with Crippen LogP contribution < -0.4 is 10.1 Å². The molecule has 33 heavy (non-hydrogen) atoms. The maximum absolute atomic E-state index is 13.1. The van der Waals surface area contributed by atoms with Crippen molar-refractivity contribution in [2.45, 2.75) is 25.8 Å². The molecule has 4 aromatic rings. The van der Waals surface area contributed by atoms with Gasteiger partial charge in [0.05, 0.1) is 22.7 Å². The topological polar surface area (TPSA) is 56.2 Å². The van der Waals surface area contributed by atoms with E-state index in [9.17, 15) is 9.18 Å². The van der Waals surface area contributed by atoms with E-state index in [-0.39, 0.29) is 11.7 Å². The molecule has 1 N–H and O–H groups in total. The standard InChI is InChI=1S/C26H25ClFN3O2/c27-21-7-1-4-10-24(21)33-18-6-5-17-31-23-9-3-2-8-22(23)30-25(31)15-16-29-26(32)19-11-13-20(28)14-12-19/h1-4,7-14H,5-6,15-18H2,(H,29,32). The summed E-state index contributed by atoms with van der Waals surface area (Å²) in [6.45, 7) is 1.82. The van der Waals surface area contributed by atoms with Gasteiger partial charge in [-0.3, -0.25) is 4.79 Å². The summed E-state index contributed by atoms with van der Waals surface area (Å²) in [6, 6.07) is 21.0. The number of unbranched alkanes of at least 4 members (excludes halogenated alkanes) is 1. The molecular weight excluding hydrogens is 441 g/mol. The molecule has 1 heterocycles. The zero-order chi connectivity index (χ0) is 23.0. The fraction of sp³-hybridized carbons (Fsp3) is 0.231. The molecule has 4 rings (SSSR count). The first-order chi connectivity index (χ1) is 16.1. The molecule has 0 spiro atoms. The van der Waals surface area contributed by atoms with Crippen molar-refractivity contribution in [3.05, 3.63) is 95.0 Å². The zero-order valence-electron chi connectivity index (χ0n) is 18.1. The Bertz CT molecular complexity index is 1220. The van der Waals surface area contributed by atoms with E-state index in [2.05, 4.69) is 16.0 Å². The summed E-state index contributed by atoms with van der Waals surface area (Å²) < 4.78 is 21.1. The minimum atomic E-state index is -0.363. The van der Waals surface area contributed by atoms with Crippen LogP contribution in [0.3, 0.4) is 0 Å². The fourth-order valence-corrected chi connectivity index (χ4v) is 3.86. The van der Waals surface area contributed by atoms with Crippen LogP contribution in [-0.4, -0.2) is 28.6 Å². The van der Waals surface area contributed by atoms with E-state index < -0.39 is 0 Å². The first-order valence-corrected chi connectivity index (χ1v) is 11.3. The molecule has 0 aliphatic rings. The molecular formula is C26H25ClFN3O2. The molecule has 1 aromatic heterocycles. The average molecular weight is 466 g/mol. The van der Waals surface area contributed by atoms with Crippen molar-refractivity contribution < 1.29 is 13.9 Å². The number of carbonyl (C=O) groups excluding carboxylic acids is 1. The van der Waals surface area contributed by atoms with Crippen LogP contribution in [0.5, 0.6) is 5.75 Å². The smallest absolute Gasteiger partial charge is 0.251 e. The van der Waals surface area contributed by atoms with Crippen LogP contribution in [0.25, 0.3) is 11.0 Å². The molecule has 0 aliphatic carbocycles. The summed E-state index contributed by atoms with van der Waals surface area (Å²) in [5.74, 6) is 1.03.